The summed E-state index contributed by atoms with van der Waals surface area (Å²) in [7, 11) is 0. The Hall–Kier alpha value is -1.97. The van der Waals surface area contributed by atoms with E-state index in [2.05, 4.69) is 4.98 Å². The summed E-state index contributed by atoms with van der Waals surface area (Å²) < 4.78 is 1.54. The maximum atomic E-state index is 10.6. The molecule has 0 radical (unpaired) electrons. The molecule has 0 aliphatic carbocycles. The highest BCUT2D eigenvalue weighted by Crippen LogP contribution is 2.03. The summed E-state index contributed by atoms with van der Waals surface area (Å²) in [6.45, 7) is -0.981. The molecule has 0 aliphatic heterocycles. The van der Waals surface area contributed by atoms with Crippen LogP contribution in [0.1, 0.15) is 5.82 Å². The molecule has 1 aromatic rings. The van der Waals surface area contributed by atoms with Crippen LogP contribution in [0.4, 0.5) is 0 Å². The van der Waals surface area contributed by atoms with Gasteiger partial charge in [-0.3, -0.25) is 14.5 Å². The zero-order valence-electron chi connectivity index (χ0n) is 10.1. The van der Waals surface area contributed by atoms with Gasteiger partial charge in [-0.1, -0.05) is 0 Å². The maximum Gasteiger partial charge on any atom is 0.317 e. The largest absolute Gasteiger partial charge is 0.480 e. The minimum atomic E-state index is -1.26. The third-order valence-electron chi connectivity index (χ3n) is 2.44. The van der Waals surface area contributed by atoms with E-state index in [1.54, 1.807) is 10.8 Å². The van der Waals surface area contributed by atoms with Crippen LogP contribution in [-0.4, -0.2) is 61.0 Å². The van der Waals surface area contributed by atoms with Gasteiger partial charge in [0.1, 0.15) is 12.1 Å². The number of nitrogens with two attached hydrogens (primary N) is 1. The Balaban J connectivity index is 2.72. The Labute approximate surface area is 108 Å². The molecule has 1 heterocycles. The lowest BCUT2D eigenvalue weighted by Crippen LogP contribution is -2.44. The second kappa shape index (κ2) is 6.83. The molecule has 0 spiro atoms. The summed E-state index contributed by atoms with van der Waals surface area (Å²) in [5, 5.41) is 27.3. The van der Waals surface area contributed by atoms with E-state index >= 15 is 0 Å². The molecule has 0 amide bonds. The molecule has 0 saturated heterocycles. The van der Waals surface area contributed by atoms with Crippen molar-refractivity contribution in [1.29, 1.82) is 0 Å². The minimum absolute atomic E-state index is 0.00685. The third-order valence-corrected chi connectivity index (χ3v) is 2.44. The van der Waals surface area contributed by atoms with Crippen molar-refractivity contribution < 1.29 is 24.9 Å². The van der Waals surface area contributed by atoms with E-state index in [0.717, 1.165) is 4.90 Å². The average Bonchev–Trinajstić information content (AvgIpc) is 2.74. The van der Waals surface area contributed by atoms with E-state index in [-0.39, 0.29) is 13.1 Å². The van der Waals surface area contributed by atoms with E-state index in [9.17, 15) is 14.7 Å². The van der Waals surface area contributed by atoms with E-state index in [1.165, 1.54) is 6.20 Å². The van der Waals surface area contributed by atoms with Crippen LogP contribution in [0.3, 0.4) is 0 Å². The summed E-state index contributed by atoms with van der Waals surface area (Å²) in [6.07, 6.45) is 1.81. The molecular weight excluding hydrogens is 256 g/mol. The number of carbonyl (C=O) groups is 2. The number of aliphatic hydroxyl groups excluding tert-OH is 1. The Morgan fingerprint density at radius 2 is 1.95 bits per heavy atom. The highest BCUT2D eigenvalue weighted by molar-refractivity contribution is 5.72. The highest BCUT2D eigenvalue weighted by atomic mass is 16.4. The molecule has 0 fully saturated rings. The molecule has 1 atom stereocenters. The average molecular weight is 272 g/mol. The van der Waals surface area contributed by atoms with Gasteiger partial charge >= 0.3 is 11.9 Å². The lowest BCUT2D eigenvalue weighted by Gasteiger charge is -2.25. The standard InChI is InChI=1S/C10H16N4O5/c11-3-7-12-1-2-13(7)4-8(15)14(5-9(16)17)6-10(18)19/h1-2,8,15H,3-6,11H2,(H,16,17)(H,18,19). The van der Waals surface area contributed by atoms with Crippen molar-refractivity contribution in [3.8, 4) is 0 Å². The lowest BCUT2D eigenvalue weighted by molar-refractivity contribution is -0.147. The number of hydrogen-bond acceptors (Lipinski definition) is 6. The van der Waals surface area contributed by atoms with Gasteiger partial charge in [-0.15, -0.1) is 0 Å². The van der Waals surface area contributed by atoms with E-state index < -0.39 is 31.3 Å². The summed E-state index contributed by atoms with van der Waals surface area (Å²) >= 11 is 0. The zero-order chi connectivity index (χ0) is 14.4. The Bertz CT molecular complexity index is 431. The number of imidazole rings is 1. The van der Waals surface area contributed by atoms with Crippen molar-refractivity contribution in [1.82, 2.24) is 14.5 Å². The topological polar surface area (TPSA) is 142 Å². The molecule has 9 heteroatoms. The molecule has 1 aromatic heterocycles. The molecular formula is C10H16N4O5. The van der Waals surface area contributed by atoms with Gasteiger partial charge in [0.15, 0.2) is 0 Å². The maximum absolute atomic E-state index is 10.6. The number of aromatic nitrogens is 2. The van der Waals surface area contributed by atoms with E-state index in [0.29, 0.717) is 5.82 Å². The van der Waals surface area contributed by atoms with Crippen molar-refractivity contribution in [2.75, 3.05) is 13.1 Å². The van der Waals surface area contributed by atoms with Crippen LogP contribution in [0.25, 0.3) is 0 Å². The van der Waals surface area contributed by atoms with Crippen LogP contribution in [0.5, 0.6) is 0 Å². The number of hydrogen-bond donors (Lipinski definition) is 4. The van der Waals surface area contributed by atoms with Gasteiger partial charge < -0.3 is 25.6 Å². The summed E-state index contributed by atoms with van der Waals surface area (Å²) in [5.41, 5.74) is 5.44. The summed E-state index contributed by atoms with van der Waals surface area (Å²) in [6, 6.07) is 0. The van der Waals surface area contributed by atoms with Crippen molar-refractivity contribution in [2.45, 2.75) is 19.3 Å². The summed E-state index contributed by atoms with van der Waals surface area (Å²) in [4.78, 5) is 26.2. The Morgan fingerprint density at radius 1 is 1.37 bits per heavy atom. The van der Waals surface area contributed by atoms with Gasteiger partial charge in [0.05, 0.1) is 26.2 Å². The molecule has 0 aromatic carbocycles. The fourth-order valence-electron chi connectivity index (χ4n) is 1.60. The number of carboxylic acid groups (broad SMARTS) is 2. The number of rotatable bonds is 8. The number of aliphatic hydroxyl groups is 1. The summed E-state index contributed by atoms with van der Waals surface area (Å²) in [5.74, 6) is -1.92. The molecule has 0 bridgehead atoms. The van der Waals surface area contributed by atoms with Crippen LogP contribution in [0.2, 0.25) is 0 Å². The Morgan fingerprint density at radius 3 is 2.42 bits per heavy atom. The first-order valence-corrected chi connectivity index (χ1v) is 5.49. The highest BCUT2D eigenvalue weighted by Gasteiger charge is 2.22. The monoisotopic (exact) mass is 272 g/mol. The van der Waals surface area contributed by atoms with Gasteiger partial charge in [-0.25, -0.2) is 4.98 Å². The van der Waals surface area contributed by atoms with Crippen molar-refractivity contribution in [3.63, 3.8) is 0 Å². The van der Waals surface area contributed by atoms with Crippen molar-refractivity contribution in [3.05, 3.63) is 18.2 Å². The second-order valence-corrected chi connectivity index (χ2v) is 3.87. The van der Waals surface area contributed by atoms with Gasteiger partial charge in [0.2, 0.25) is 0 Å². The quantitative estimate of drug-likeness (QED) is 0.403. The Kier molecular flexibility index (Phi) is 5.42. The normalized spacial score (nSPS) is 12.6. The van der Waals surface area contributed by atoms with Crippen LogP contribution >= 0.6 is 0 Å². The van der Waals surface area contributed by atoms with Crippen LogP contribution in [0, 0.1) is 0 Å². The number of nitrogens with zero attached hydrogens (tertiary/aromatic N) is 3. The van der Waals surface area contributed by atoms with Crippen LogP contribution < -0.4 is 5.73 Å². The molecule has 0 saturated carbocycles. The van der Waals surface area contributed by atoms with Crippen molar-refractivity contribution >= 4 is 11.9 Å². The third kappa shape index (κ3) is 4.66. The van der Waals surface area contributed by atoms with Gasteiger partial charge in [0.25, 0.3) is 0 Å². The van der Waals surface area contributed by atoms with E-state index in [1.807, 2.05) is 0 Å². The first-order chi connectivity index (χ1) is 8.93. The predicted octanol–water partition coefficient (Wildman–Crippen LogP) is -1.87. The molecule has 1 rings (SSSR count). The molecule has 1 unspecified atom stereocenters. The van der Waals surface area contributed by atoms with Crippen LogP contribution in [0.15, 0.2) is 12.4 Å². The number of aliphatic carboxylic acids is 2. The fraction of sp³-hybridized carbons (Fsp3) is 0.500. The SMILES string of the molecule is NCc1nccn1CC(O)N(CC(=O)O)CC(=O)O. The molecule has 106 valence electrons. The van der Waals surface area contributed by atoms with Crippen molar-refractivity contribution in [2.24, 2.45) is 5.73 Å². The van der Waals surface area contributed by atoms with Gasteiger partial charge in [-0.05, 0) is 0 Å². The van der Waals surface area contributed by atoms with Crippen LogP contribution in [-0.2, 0) is 22.7 Å². The molecule has 19 heavy (non-hydrogen) atoms. The first-order valence-electron chi connectivity index (χ1n) is 5.49. The minimum Gasteiger partial charge on any atom is -0.480 e. The zero-order valence-corrected chi connectivity index (χ0v) is 10.1. The van der Waals surface area contributed by atoms with Gasteiger partial charge in [-0.2, -0.15) is 0 Å². The van der Waals surface area contributed by atoms with E-state index in [4.69, 9.17) is 15.9 Å². The van der Waals surface area contributed by atoms with Gasteiger partial charge in [0, 0.05) is 12.4 Å². The fourth-order valence-corrected chi connectivity index (χ4v) is 1.60. The lowest BCUT2D eigenvalue weighted by atomic mass is 10.4. The molecule has 5 N–H and O–H groups in total. The predicted molar refractivity (Wildman–Crippen MR) is 63.0 cm³/mol. The second-order valence-electron chi connectivity index (χ2n) is 3.87. The smallest absolute Gasteiger partial charge is 0.317 e. The first kappa shape index (κ1) is 15.1. The number of carboxylic acids is 2. The molecule has 0 aliphatic rings. The molecule has 9 nitrogen and oxygen atoms in total.